The zero-order valence-electron chi connectivity index (χ0n) is 19.9. The minimum atomic E-state index is 0.0207. The van der Waals surface area contributed by atoms with Crippen LogP contribution < -0.4 is 4.74 Å². The van der Waals surface area contributed by atoms with E-state index in [1.54, 1.807) is 0 Å². The minimum Gasteiger partial charge on any atom is -0.491 e. The third-order valence-corrected chi connectivity index (χ3v) is 6.88. The first-order valence-electron chi connectivity index (χ1n) is 12.0. The van der Waals surface area contributed by atoms with Gasteiger partial charge in [0.15, 0.2) is 0 Å². The lowest BCUT2D eigenvalue weighted by molar-refractivity contribution is 0.103. The molecule has 0 radical (unpaired) electrons. The molecule has 0 spiro atoms. The number of carbonyl (C=O) groups excluding carboxylic acids is 1. The Kier molecular flexibility index (Phi) is 10.0. The number of rotatable bonds is 13. The molecule has 0 aliphatic rings. The molecule has 3 aromatic rings. The first kappa shape index (κ1) is 26.0. The number of carbonyl (C=O) groups is 1. The zero-order valence-corrected chi connectivity index (χ0v) is 23.0. The van der Waals surface area contributed by atoms with Gasteiger partial charge in [0.05, 0.1) is 21.2 Å². The van der Waals surface area contributed by atoms with Crippen molar-refractivity contribution in [2.45, 2.75) is 52.9 Å². The molecule has 2 heterocycles. The highest BCUT2D eigenvalue weighted by Gasteiger charge is 2.21. The standard InChI is InChI=1S/C27H34Br2N2O2/c1-4-10-20-17-22-11-7-8-15-31(22)25(20)26(32)21-18-23(28)27(24(29)19-21)33-16-9-14-30(12-5-2)13-6-3/h7-8,11,15,17-19H,4-6,9-10,12-14,16H2,1-3H3. The van der Waals surface area contributed by atoms with E-state index in [1.165, 1.54) is 12.8 Å². The number of benzene rings is 1. The van der Waals surface area contributed by atoms with Crippen LogP contribution in [0.1, 0.15) is 68.1 Å². The van der Waals surface area contributed by atoms with Gasteiger partial charge in [0.1, 0.15) is 5.75 Å². The normalized spacial score (nSPS) is 11.5. The molecule has 0 atom stereocenters. The molecule has 0 aliphatic heterocycles. The lowest BCUT2D eigenvalue weighted by Gasteiger charge is -2.21. The van der Waals surface area contributed by atoms with Crippen molar-refractivity contribution in [2.24, 2.45) is 0 Å². The number of fused-ring (bicyclic) bond motifs is 1. The summed E-state index contributed by atoms with van der Waals surface area (Å²) in [6.45, 7) is 10.5. The van der Waals surface area contributed by atoms with Gasteiger partial charge in [-0.15, -0.1) is 0 Å². The number of hydrogen-bond acceptors (Lipinski definition) is 3. The molecular weight excluding hydrogens is 544 g/mol. The summed E-state index contributed by atoms with van der Waals surface area (Å²) in [4.78, 5) is 16.1. The predicted molar refractivity (Wildman–Crippen MR) is 144 cm³/mol. The fraction of sp³-hybridized carbons (Fsp3) is 0.444. The number of halogens is 2. The molecule has 0 N–H and O–H groups in total. The molecule has 4 nitrogen and oxygen atoms in total. The largest absolute Gasteiger partial charge is 0.491 e. The molecular formula is C27H34Br2N2O2. The molecule has 0 unspecified atom stereocenters. The summed E-state index contributed by atoms with van der Waals surface area (Å²) in [6, 6.07) is 11.9. The highest BCUT2D eigenvalue weighted by molar-refractivity contribution is 9.11. The Bertz CT molecular complexity index is 1050. The first-order valence-corrected chi connectivity index (χ1v) is 13.6. The predicted octanol–water partition coefficient (Wildman–Crippen LogP) is 7.54. The third kappa shape index (κ3) is 6.49. The van der Waals surface area contributed by atoms with E-state index >= 15 is 0 Å². The van der Waals surface area contributed by atoms with Crippen LogP contribution in [0.5, 0.6) is 5.75 Å². The highest BCUT2D eigenvalue weighted by atomic mass is 79.9. The Labute approximate surface area is 214 Å². The van der Waals surface area contributed by atoms with Gasteiger partial charge in [0.2, 0.25) is 5.78 Å². The van der Waals surface area contributed by atoms with Gasteiger partial charge < -0.3 is 14.0 Å². The average molecular weight is 578 g/mol. The number of aryl methyl sites for hydroxylation is 1. The van der Waals surface area contributed by atoms with Crippen molar-refractivity contribution in [1.82, 2.24) is 9.30 Å². The van der Waals surface area contributed by atoms with Crippen molar-refractivity contribution < 1.29 is 9.53 Å². The maximum atomic E-state index is 13.6. The van der Waals surface area contributed by atoms with Crippen LogP contribution in [-0.4, -0.2) is 41.3 Å². The fourth-order valence-electron chi connectivity index (χ4n) is 4.29. The lowest BCUT2D eigenvalue weighted by atomic mass is 10.0. The van der Waals surface area contributed by atoms with E-state index in [-0.39, 0.29) is 5.78 Å². The summed E-state index contributed by atoms with van der Waals surface area (Å²) in [6.07, 6.45) is 7.14. The summed E-state index contributed by atoms with van der Waals surface area (Å²) in [5, 5.41) is 0. The average Bonchev–Trinajstić information content (AvgIpc) is 3.15. The van der Waals surface area contributed by atoms with Crippen molar-refractivity contribution >= 4 is 43.2 Å². The van der Waals surface area contributed by atoms with Gasteiger partial charge in [-0.3, -0.25) is 4.79 Å². The van der Waals surface area contributed by atoms with E-state index in [4.69, 9.17) is 4.74 Å². The van der Waals surface area contributed by atoms with Gasteiger partial charge in [-0.25, -0.2) is 0 Å². The molecule has 0 bridgehead atoms. The first-order chi connectivity index (χ1) is 16.0. The van der Waals surface area contributed by atoms with E-state index in [2.05, 4.69) is 63.6 Å². The summed E-state index contributed by atoms with van der Waals surface area (Å²) < 4.78 is 9.67. The van der Waals surface area contributed by atoms with Gasteiger partial charge in [-0.1, -0.05) is 33.3 Å². The Morgan fingerprint density at radius 3 is 2.30 bits per heavy atom. The fourth-order valence-corrected chi connectivity index (χ4v) is 5.71. The van der Waals surface area contributed by atoms with Crippen molar-refractivity contribution in [3.05, 3.63) is 68.4 Å². The third-order valence-electron chi connectivity index (χ3n) is 5.70. The molecule has 0 aliphatic carbocycles. The van der Waals surface area contributed by atoms with Crippen LogP contribution in [0.2, 0.25) is 0 Å². The summed E-state index contributed by atoms with van der Waals surface area (Å²) in [5.74, 6) is 0.769. The van der Waals surface area contributed by atoms with Gasteiger partial charge in [-0.05, 0) is 107 Å². The molecule has 178 valence electrons. The van der Waals surface area contributed by atoms with E-state index in [0.717, 1.165) is 70.4 Å². The topological polar surface area (TPSA) is 34.0 Å². The Balaban J connectivity index is 1.76. The van der Waals surface area contributed by atoms with Crippen molar-refractivity contribution in [3.63, 3.8) is 0 Å². The Morgan fingerprint density at radius 2 is 1.67 bits per heavy atom. The van der Waals surface area contributed by atoms with Crippen LogP contribution in [0.25, 0.3) is 5.52 Å². The van der Waals surface area contributed by atoms with Crippen LogP contribution in [0.15, 0.2) is 51.5 Å². The molecule has 0 saturated carbocycles. The van der Waals surface area contributed by atoms with Gasteiger partial charge in [-0.2, -0.15) is 0 Å². The SMILES string of the molecule is CCCc1cc2ccccn2c1C(=O)c1cc(Br)c(OCCCN(CCC)CCC)c(Br)c1. The number of nitrogens with zero attached hydrogens (tertiary/aromatic N) is 2. The Morgan fingerprint density at radius 1 is 0.970 bits per heavy atom. The van der Waals surface area contributed by atoms with Gasteiger partial charge in [0.25, 0.3) is 0 Å². The Hall–Kier alpha value is -1.63. The number of hydrogen-bond donors (Lipinski definition) is 0. The quantitative estimate of drug-likeness (QED) is 0.155. The summed E-state index contributed by atoms with van der Waals surface area (Å²) >= 11 is 7.27. The van der Waals surface area contributed by atoms with Crippen LogP contribution in [0.3, 0.4) is 0 Å². The highest BCUT2D eigenvalue weighted by Crippen LogP contribution is 2.36. The van der Waals surface area contributed by atoms with Crippen LogP contribution in [-0.2, 0) is 6.42 Å². The molecule has 3 rings (SSSR count). The van der Waals surface area contributed by atoms with Crippen LogP contribution >= 0.6 is 31.9 Å². The monoisotopic (exact) mass is 576 g/mol. The summed E-state index contributed by atoms with van der Waals surface area (Å²) in [5.41, 5.74) is 3.51. The van der Waals surface area contributed by atoms with E-state index in [0.29, 0.717) is 12.2 Å². The molecule has 1 aromatic carbocycles. The summed E-state index contributed by atoms with van der Waals surface area (Å²) in [7, 11) is 0. The molecule has 0 saturated heterocycles. The van der Waals surface area contributed by atoms with Crippen molar-refractivity contribution in [1.29, 1.82) is 0 Å². The van der Waals surface area contributed by atoms with E-state index in [1.807, 2.05) is 40.9 Å². The zero-order chi connectivity index (χ0) is 23.8. The second kappa shape index (κ2) is 12.7. The number of aromatic nitrogens is 1. The van der Waals surface area contributed by atoms with Crippen LogP contribution in [0, 0.1) is 0 Å². The molecule has 0 fully saturated rings. The second-order valence-corrected chi connectivity index (χ2v) is 10.1. The number of ether oxygens (including phenoxy) is 1. The van der Waals surface area contributed by atoms with Crippen molar-refractivity contribution in [3.8, 4) is 5.75 Å². The van der Waals surface area contributed by atoms with Gasteiger partial charge >= 0.3 is 0 Å². The molecule has 0 amide bonds. The number of ketones is 1. The molecule has 2 aromatic heterocycles. The smallest absolute Gasteiger partial charge is 0.210 e. The lowest BCUT2D eigenvalue weighted by Crippen LogP contribution is -2.27. The minimum absolute atomic E-state index is 0.0207. The van der Waals surface area contributed by atoms with Gasteiger partial charge in [0, 0.05) is 23.8 Å². The van der Waals surface area contributed by atoms with E-state index < -0.39 is 0 Å². The second-order valence-electron chi connectivity index (χ2n) is 8.41. The van der Waals surface area contributed by atoms with Crippen LogP contribution in [0.4, 0.5) is 0 Å². The van der Waals surface area contributed by atoms with E-state index in [9.17, 15) is 4.79 Å². The molecule has 33 heavy (non-hydrogen) atoms. The maximum absolute atomic E-state index is 13.6. The maximum Gasteiger partial charge on any atom is 0.210 e. The van der Waals surface area contributed by atoms with Crippen molar-refractivity contribution in [2.75, 3.05) is 26.2 Å². The molecule has 6 heteroatoms. The number of pyridine rings is 1.